The molecule has 0 bridgehead atoms. The molecule has 0 unspecified atom stereocenters. The second-order valence-corrected chi connectivity index (χ2v) is 7.19. The predicted molar refractivity (Wildman–Crippen MR) is 114 cm³/mol. The Morgan fingerprint density at radius 3 is 2.33 bits per heavy atom. The van der Waals surface area contributed by atoms with E-state index in [1.165, 1.54) is 28.8 Å². The van der Waals surface area contributed by atoms with Crippen LogP contribution >= 0.6 is 0 Å². The van der Waals surface area contributed by atoms with Gasteiger partial charge in [0.05, 0.1) is 0 Å². The van der Waals surface area contributed by atoms with Gasteiger partial charge in [0, 0.05) is 35.5 Å². The van der Waals surface area contributed by atoms with Crippen LogP contribution < -0.4 is 10.9 Å². The highest BCUT2D eigenvalue weighted by molar-refractivity contribution is 5.92. The van der Waals surface area contributed by atoms with Crippen LogP contribution in [0.1, 0.15) is 22.4 Å². The number of halogens is 1. The minimum Gasteiger partial charge on any atom is -0.396 e. The van der Waals surface area contributed by atoms with E-state index in [0.717, 1.165) is 11.1 Å². The Bertz CT molecular complexity index is 1120. The van der Waals surface area contributed by atoms with Crippen molar-refractivity contribution < 1.29 is 14.3 Å². The first-order valence-electron chi connectivity index (χ1n) is 9.65. The quantitative estimate of drug-likeness (QED) is 0.655. The molecule has 6 nitrogen and oxygen atoms in total. The Labute approximate surface area is 174 Å². The maximum absolute atomic E-state index is 13.4. The van der Waals surface area contributed by atoms with Crippen LogP contribution in [-0.4, -0.2) is 27.2 Å². The highest BCUT2D eigenvalue weighted by atomic mass is 19.1. The van der Waals surface area contributed by atoms with Gasteiger partial charge in [-0.25, -0.2) is 9.37 Å². The molecule has 1 aromatic heterocycles. The Hall–Kier alpha value is -3.32. The predicted octanol–water partition coefficient (Wildman–Crippen LogP) is 3.15. The number of benzene rings is 2. The second kappa shape index (κ2) is 9.00. The first-order valence-corrected chi connectivity index (χ1v) is 9.65. The third-order valence-electron chi connectivity index (χ3n) is 4.98. The number of aromatic nitrogens is 2. The monoisotopic (exact) mass is 409 g/mol. The number of hydrogen-bond acceptors (Lipinski definition) is 4. The van der Waals surface area contributed by atoms with E-state index in [4.69, 9.17) is 0 Å². The van der Waals surface area contributed by atoms with Crippen molar-refractivity contribution in [2.24, 2.45) is 0 Å². The van der Waals surface area contributed by atoms with Gasteiger partial charge in [-0.3, -0.25) is 14.2 Å². The van der Waals surface area contributed by atoms with E-state index >= 15 is 0 Å². The summed E-state index contributed by atoms with van der Waals surface area (Å²) in [6.07, 6.45) is 0.139. The standard InChI is InChI=1S/C23H24FN3O3/c1-14-5-4-6-15(2)21(14)26-20(29)13-27-22(17-7-9-18(24)10-8-17)25-16(3)19(11-12-28)23(27)30/h4-10,28H,11-13H2,1-3H3,(H,26,29). The number of para-hydroxylation sites is 1. The van der Waals surface area contributed by atoms with Crippen LogP contribution in [0.4, 0.5) is 10.1 Å². The Morgan fingerprint density at radius 2 is 1.73 bits per heavy atom. The summed E-state index contributed by atoms with van der Waals surface area (Å²) >= 11 is 0. The lowest BCUT2D eigenvalue weighted by Gasteiger charge is -2.17. The number of aliphatic hydroxyl groups excluding tert-OH is 1. The number of anilines is 1. The highest BCUT2D eigenvalue weighted by Gasteiger charge is 2.18. The maximum Gasteiger partial charge on any atom is 0.257 e. The number of carbonyl (C=O) groups excluding carboxylic acids is 1. The van der Waals surface area contributed by atoms with Crippen molar-refractivity contribution in [3.63, 3.8) is 0 Å². The Kier molecular flexibility index (Phi) is 6.42. The molecule has 0 aliphatic rings. The lowest BCUT2D eigenvalue weighted by Crippen LogP contribution is -2.33. The normalized spacial score (nSPS) is 10.8. The molecule has 0 saturated carbocycles. The molecule has 0 aliphatic carbocycles. The van der Waals surface area contributed by atoms with Crippen molar-refractivity contribution in [1.82, 2.24) is 9.55 Å². The summed E-state index contributed by atoms with van der Waals surface area (Å²) in [6.45, 7) is 5.00. The molecule has 1 heterocycles. The first kappa shape index (κ1) is 21.4. The summed E-state index contributed by atoms with van der Waals surface area (Å²) in [5.41, 5.74) is 3.48. The molecule has 1 amide bonds. The molecule has 3 aromatic rings. The van der Waals surface area contributed by atoms with Crippen LogP contribution in [0.5, 0.6) is 0 Å². The van der Waals surface area contributed by atoms with Gasteiger partial charge in [-0.1, -0.05) is 18.2 Å². The van der Waals surface area contributed by atoms with E-state index in [1.54, 1.807) is 6.92 Å². The summed E-state index contributed by atoms with van der Waals surface area (Å²) in [6, 6.07) is 11.3. The van der Waals surface area contributed by atoms with Gasteiger partial charge in [0.25, 0.3) is 5.56 Å². The van der Waals surface area contributed by atoms with Crippen LogP contribution in [0.3, 0.4) is 0 Å². The lowest BCUT2D eigenvalue weighted by atomic mass is 10.1. The SMILES string of the molecule is Cc1cccc(C)c1NC(=O)Cn1c(-c2ccc(F)cc2)nc(C)c(CCO)c1=O. The third kappa shape index (κ3) is 4.46. The molecule has 0 fully saturated rings. The Balaban J connectivity index is 2.05. The van der Waals surface area contributed by atoms with Gasteiger partial charge in [-0.15, -0.1) is 0 Å². The van der Waals surface area contributed by atoms with Crippen molar-refractivity contribution in [1.29, 1.82) is 0 Å². The van der Waals surface area contributed by atoms with Crippen LogP contribution in [0.15, 0.2) is 47.3 Å². The molecule has 156 valence electrons. The van der Waals surface area contributed by atoms with Gasteiger partial charge in [-0.05, 0) is 56.2 Å². The molecule has 0 atom stereocenters. The fraction of sp³-hybridized carbons (Fsp3) is 0.261. The van der Waals surface area contributed by atoms with Crippen molar-refractivity contribution in [2.75, 3.05) is 11.9 Å². The van der Waals surface area contributed by atoms with Crippen molar-refractivity contribution in [3.8, 4) is 11.4 Å². The van der Waals surface area contributed by atoms with Crippen LogP contribution in [0.2, 0.25) is 0 Å². The smallest absolute Gasteiger partial charge is 0.257 e. The first-order chi connectivity index (χ1) is 14.3. The van der Waals surface area contributed by atoms with Gasteiger partial charge in [0.15, 0.2) is 0 Å². The summed E-state index contributed by atoms with van der Waals surface area (Å²) < 4.78 is 14.6. The van der Waals surface area contributed by atoms with E-state index in [0.29, 0.717) is 22.5 Å². The van der Waals surface area contributed by atoms with Crippen molar-refractivity contribution in [3.05, 3.63) is 81.0 Å². The molecule has 2 aromatic carbocycles. The van der Waals surface area contributed by atoms with Gasteiger partial charge < -0.3 is 10.4 Å². The van der Waals surface area contributed by atoms with E-state index in [9.17, 15) is 19.1 Å². The number of nitrogens with one attached hydrogen (secondary N) is 1. The van der Waals surface area contributed by atoms with Crippen molar-refractivity contribution in [2.45, 2.75) is 33.7 Å². The number of amides is 1. The van der Waals surface area contributed by atoms with Crippen molar-refractivity contribution >= 4 is 11.6 Å². The average Bonchev–Trinajstić information content (AvgIpc) is 2.71. The lowest BCUT2D eigenvalue weighted by molar-refractivity contribution is -0.116. The van der Waals surface area contributed by atoms with Gasteiger partial charge >= 0.3 is 0 Å². The minimum atomic E-state index is -0.408. The maximum atomic E-state index is 13.4. The zero-order chi connectivity index (χ0) is 21.8. The van der Waals surface area contributed by atoms with Gasteiger partial charge in [0.1, 0.15) is 18.2 Å². The summed E-state index contributed by atoms with van der Waals surface area (Å²) in [4.78, 5) is 30.4. The number of nitrogens with zero attached hydrogens (tertiary/aromatic N) is 2. The summed E-state index contributed by atoms with van der Waals surface area (Å²) in [5, 5.41) is 12.2. The molecule has 7 heteroatoms. The molecular formula is C23H24FN3O3. The van der Waals surface area contributed by atoms with E-state index in [1.807, 2.05) is 32.0 Å². The van der Waals surface area contributed by atoms with Gasteiger partial charge in [0.2, 0.25) is 5.91 Å². The van der Waals surface area contributed by atoms with Crippen LogP contribution in [0.25, 0.3) is 11.4 Å². The highest BCUT2D eigenvalue weighted by Crippen LogP contribution is 2.21. The number of aryl methyl sites for hydroxylation is 3. The fourth-order valence-electron chi connectivity index (χ4n) is 3.40. The van der Waals surface area contributed by atoms with Crippen LogP contribution in [-0.2, 0) is 17.8 Å². The summed E-state index contributed by atoms with van der Waals surface area (Å²) in [5.74, 6) is -0.511. The molecule has 30 heavy (non-hydrogen) atoms. The van der Waals surface area contributed by atoms with E-state index in [2.05, 4.69) is 10.3 Å². The molecule has 0 radical (unpaired) electrons. The van der Waals surface area contributed by atoms with E-state index in [-0.39, 0.29) is 31.3 Å². The minimum absolute atomic E-state index is 0.139. The molecule has 0 spiro atoms. The Morgan fingerprint density at radius 1 is 1.10 bits per heavy atom. The molecule has 2 N–H and O–H groups in total. The molecule has 3 rings (SSSR count). The molecule has 0 aliphatic heterocycles. The topological polar surface area (TPSA) is 84.2 Å². The molecular weight excluding hydrogens is 385 g/mol. The zero-order valence-corrected chi connectivity index (χ0v) is 17.2. The number of aliphatic hydroxyl groups is 1. The van der Waals surface area contributed by atoms with Gasteiger partial charge in [-0.2, -0.15) is 0 Å². The number of rotatable bonds is 6. The van der Waals surface area contributed by atoms with E-state index < -0.39 is 11.4 Å². The fourth-order valence-corrected chi connectivity index (χ4v) is 3.40. The average molecular weight is 409 g/mol. The molecule has 0 saturated heterocycles. The number of carbonyl (C=O) groups is 1. The number of hydrogen-bond donors (Lipinski definition) is 2. The summed E-state index contributed by atoms with van der Waals surface area (Å²) in [7, 11) is 0. The zero-order valence-electron chi connectivity index (χ0n) is 17.2. The second-order valence-electron chi connectivity index (χ2n) is 7.19. The largest absolute Gasteiger partial charge is 0.396 e. The third-order valence-corrected chi connectivity index (χ3v) is 4.98. The van der Waals surface area contributed by atoms with Crippen LogP contribution in [0, 0.1) is 26.6 Å².